The molecule has 29 heavy (non-hydrogen) atoms. The van der Waals surface area contributed by atoms with Crippen LogP contribution in [0.2, 0.25) is 0 Å². The Morgan fingerprint density at radius 3 is 2.86 bits per heavy atom. The fourth-order valence-corrected chi connectivity index (χ4v) is 4.34. The van der Waals surface area contributed by atoms with Gasteiger partial charge in [0, 0.05) is 19.2 Å². The van der Waals surface area contributed by atoms with E-state index in [0.29, 0.717) is 35.1 Å². The summed E-state index contributed by atoms with van der Waals surface area (Å²) in [7, 11) is 0. The number of nitrogens with two attached hydrogens (primary N) is 1. The van der Waals surface area contributed by atoms with Crippen LogP contribution in [-0.4, -0.2) is 47.1 Å². The van der Waals surface area contributed by atoms with Crippen molar-refractivity contribution in [2.24, 2.45) is 5.92 Å². The highest BCUT2D eigenvalue weighted by Crippen LogP contribution is 2.31. The number of aromatic nitrogens is 6. The molecule has 5 rings (SSSR count). The van der Waals surface area contributed by atoms with E-state index in [1.165, 1.54) is 32.1 Å². The Kier molecular flexibility index (Phi) is 4.92. The number of anilines is 1. The number of nitrogen functional groups attached to an aromatic ring is 1. The van der Waals surface area contributed by atoms with Crippen LogP contribution >= 0.6 is 0 Å². The van der Waals surface area contributed by atoms with E-state index in [1.54, 1.807) is 12.5 Å². The summed E-state index contributed by atoms with van der Waals surface area (Å²) in [6, 6.07) is 0. The molecule has 1 saturated heterocycles. The smallest absolute Gasteiger partial charge is 0.168 e. The van der Waals surface area contributed by atoms with Crippen LogP contribution in [-0.2, 0) is 11.3 Å². The molecule has 2 aliphatic rings. The zero-order valence-electron chi connectivity index (χ0n) is 16.3. The van der Waals surface area contributed by atoms with Crippen LogP contribution in [0.25, 0.3) is 22.6 Å². The van der Waals surface area contributed by atoms with Gasteiger partial charge in [0.05, 0.1) is 30.8 Å². The predicted octanol–water partition coefficient (Wildman–Crippen LogP) is 2.34. The molecule has 0 bridgehead atoms. The first kappa shape index (κ1) is 18.5. The molecular formula is C20H26N7O2. The number of imidazole rings is 1. The van der Waals surface area contributed by atoms with Gasteiger partial charge < -0.3 is 15.6 Å². The van der Waals surface area contributed by atoms with Crippen molar-refractivity contribution in [3.05, 3.63) is 25.1 Å². The van der Waals surface area contributed by atoms with Gasteiger partial charge in [-0.25, -0.2) is 15.0 Å². The van der Waals surface area contributed by atoms with Crippen molar-refractivity contribution in [1.82, 2.24) is 29.3 Å². The molecular weight excluding hydrogens is 370 g/mol. The molecule has 3 aromatic rings. The van der Waals surface area contributed by atoms with Gasteiger partial charge in [-0.05, 0) is 25.2 Å². The van der Waals surface area contributed by atoms with Gasteiger partial charge in [-0.3, -0.25) is 9.25 Å². The Hall–Kier alpha value is -2.52. The summed E-state index contributed by atoms with van der Waals surface area (Å²) >= 11 is 0. The van der Waals surface area contributed by atoms with Gasteiger partial charge in [0.25, 0.3) is 0 Å². The predicted molar refractivity (Wildman–Crippen MR) is 107 cm³/mol. The first-order valence-electron chi connectivity index (χ1n) is 10.3. The maximum atomic E-state index is 9.33. The van der Waals surface area contributed by atoms with Crippen LogP contribution in [0.4, 0.5) is 5.82 Å². The highest BCUT2D eigenvalue weighted by Gasteiger charge is 2.28. The molecule has 2 unspecified atom stereocenters. The molecule has 153 valence electrons. The fourth-order valence-electron chi connectivity index (χ4n) is 4.34. The van der Waals surface area contributed by atoms with Gasteiger partial charge in [0.1, 0.15) is 11.7 Å². The monoisotopic (exact) mass is 396 g/mol. The summed E-state index contributed by atoms with van der Waals surface area (Å²) < 4.78 is 9.66. The maximum Gasteiger partial charge on any atom is 0.168 e. The first-order chi connectivity index (χ1) is 14.2. The Balaban J connectivity index is 1.42. The van der Waals surface area contributed by atoms with Crippen molar-refractivity contribution < 1.29 is 9.84 Å². The zero-order valence-corrected chi connectivity index (χ0v) is 16.3. The van der Waals surface area contributed by atoms with Crippen molar-refractivity contribution in [2.75, 3.05) is 12.3 Å². The number of rotatable bonds is 5. The van der Waals surface area contributed by atoms with Gasteiger partial charge in [-0.15, -0.1) is 0 Å². The van der Waals surface area contributed by atoms with E-state index in [2.05, 4.69) is 15.1 Å². The normalized spacial score (nSPS) is 23.2. The third-order valence-electron chi connectivity index (χ3n) is 5.92. The van der Waals surface area contributed by atoms with Crippen LogP contribution in [0, 0.1) is 12.3 Å². The number of ether oxygens (including phenoxy) is 1. The molecule has 3 N–H and O–H groups in total. The first-order valence-corrected chi connectivity index (χ1v) is 10.3. The third kappa shape index (κ3) is 3.60. The average Bonchev–Trinajstić information content (AvgIpc) is 3.47. The van der Waals surface area contributed by atoms with Crippen molar-refractivity contribution in [1.29, 1.82) is 0 Å². The van der Waals surface area contributed by atoms with E-state index in [9.17, 15) is 5.11 Å². The summed E-state index contributed by atoms with van der Waals surface area (Å²) in [5.41, 5.74) is 8.18. The molecule has 0 aromatic carbocycles. The van der Waals surface area contributed by atoms with Gasteiger partial charge in [-0.1, -0.05) is 19.3 Å². The molecule has 2 atom stereocenters. The largest absolute Gasteiger partial charge is 0.394 e. The van der Waals surface area contributed by atoms with Crippen molar-refractivity contribution in [3.63, 3.8) is 0 Å². The van der Waals surface area contributed by atoms with E-state index in [0.717, 1.165) is 12.1 Å². The fraction of sp³-hybridized carbons (Fsp3) is 0.550. The zero-order chi connectivity index (χ0) is 19.8. The van der Waals surface area contributed by atoms with Crippen molar-refractivity contribution >= 4 is 17.0 Å². The van der Waals surface area contributed by atoms with E-state index in [-0.39, 0.29) is 18.9 Å². The Bertz CT molecular complexity index is 992. The van der Waals surface area contributed by atoms with E-state index < -0.39 is 0 Å². The summed E-state index contributed by atoms with van der Waals surface area (Å²) in [5.74, 6) is 1.56. The van der Waals surface area contributed by atoms with Crippen LogP contribution < -0.4 is 5.73 Å². The molecule has 4 heterocycles. The minimum absolute atomic E-state index is 0.0117. The number of fused-ring (bicyclic) bond motifs is 1. The molecule has 1 aliphatic heterocycles. The number of hydrogen-bond donors (Lipinski definition) is 2. The van der Waals surface area contributed by atoms with Crippen molar-refractivity contribution in [3.8, 4) is 11.4 Å². The van der Waals surface area contributed by atoms with Crippen LogP contribution in [0.15, 0.2) is 18.7 Å². The molecule has 9 heteroatoms. The molecule has 1 radical (unpaired) electrons. The van der Waals surface area contributed by atoms with Crippen LogP contribution in [0.3, 0.4) is 0 Å². The van der Waals surface area contributed by atoms with Crippen LogP contribution in [0.5, 0.6) is 0 Å². The topological polar surface area (TPSA) is 117 Å². The summed E-state index contributed by atoms with van der Waals surface area (Å²) in [6.45, 7) is 0.922. The minimum Gasteiger partial charge on any atom is -0.394 e. The molecule has 0 amide bonds. The van der Waals surface area contributed by atoms with Gasteiger partial charge in [-0.2, -0.15) is 5.10 Å². The Labute approximate surface area is 168 Å². The van der Waals surface area contributed by atoms with E-state index in [1.807, 2.05) is 21.9 Å². The number of nitrogens with zero attached hydrogens (tertiary/aromatic N) is 6. The Morgan fingerprint density at radius 2 is 2.07 bits per heavy atom. The number of hydrogen-bond acceptors (Lipinski definition) is 7. The summed E-state index contributed by atoms with van der Waals surface area (Å²) in [6.07, 6.45) is 14.1. The second-order valence-electron chi connectivity index (χ2n) is 8.01. The SMILES string of the molecule is Nc1nc(-c2cnn(CC3CCCCC3)c2)nc2c1ncn2C1[CH]CC(CO)O1. The van der Waals surface area contributed by atoms with Crippen molar-refractivity contribution in [2.45, 2.75) is 57.4 Å². The minimum atomic E-state index is -0.326. The molecule has 1 saturated carbocycles. The maximum absolute atomic E-state index is 9.33. The highest BCUT2D eigenvalue weighted by molar-refractivity contribution is 5.83. The van der Waals surface area contributed by atoms with Gasteiger partial charge >= 0.3 is 0 Å². The summed E-state index contributed by atoms with van der Waals surface area (Å²) in [4.78, 5) is 13.5. The number of aliphatic hydroxyl groups excluding tert-OH is 1. The lowest BCUT2D eigenvalue weighted by molar-refractivity contribution is -0.0140. The average molecular weight is 396 g/mol. The van der Waals surface area contributed by atoms with Gasteiger partial charge in [0.15, 0.2) is 17.3 Å². The molecule has 1 aliphatic carbocycles. The summed E-state index contributed by atoms with van der Waals surface area (Å²) in [5, 5.41) is 13.8. The lowest BCUT2D eigenvalue weighted by Gasteiger charge is -2.21. The molecule has 2 fully saturated rings. The molecule has 9 nitrogen and oxygen atoms in total. The number of aliphatic hydroxyl groups is 1. The molecule has 0 spiro atoms. The highest BCUT2D eigenvalue weighted by atomic mass is 16.5. The van der Waals surface area contributed by atoms with Gasteiger partial charge in [0.2, 0.25) is 0 Å². The van der Waals surface area contributed by atoms with E-state index in [4.69, 9.17) is 15.5 Å². The Morgan fingerprint density at radius 1 is 1.21 bits per heavy atom. The second kappa shape index (κ2) is 7.72. The standard InChI is InChI=1S/C20H26N7O2/c21-18-17-20(27(12-22-17)16-7-6-15(11-28)29-16)25-19(24-18)14-8-23-26(10-14)9-13-4-2-1-3-5-13/h7-8,10,12-13,15-16,28H,1-6,9,11H2,(H2,21,24,25). The lowest BCUT2D eigenvalue weighted by Crippen LogP contribution is -2.14. The lowest BCUT2D eigenvalue weighted by atomic mass is 9.89. The van der Waals surface area contributed by atoms with Crippen LogP contribution in [0.1, 0.15) is 44.8 Å². The second-order valence-corrected chi connectivity index (χ2v) is 8.01. The quantitative estimate of drug-likeness (QED) is 0.680. The van der Waals surface area contributed by atoms with E-state index >= 15 is 0 Å². The third-order valence-corrected chi connectivity index (χ3v) is 5.92. The molecule has 3 aromatic heterocycles.